The van der Waals surface area contributed by atoms with E-state index < -0.39 is 85.6 Å². The monoisotopic (exact) mass is 572 g/mol. The molecule has 5 rings (SSSR count). The highest BCUT2D eigenvalue weighted by atomic mass is 19.4. The van der Waals surface area contributed by atoms with Crippen LogP contribution in [0.5, 0.6) is 5.75 Å². The van der Waals surface area contributed by atoms with Crippen molar-refractivity contribution < 1.29 is 53.0 Å². The molecule has 0 saturated heterocycles. The van der Waals surface area contributed by atoms with Gasteiger partial charge in [0.2, 0.25) is 0 Å². The first kappa shape index (κ1) is 27.2. The molecule has 5 aromatic carbocycles. The molecule has 0 aromatic heterocycles. The van der Waals surface area contributed by atoms with Gasteiger partial charge in [-0.25, -0.2) is 35.1 Å². The van der Waals surface area contributed by atoms with Crippen molar-refractivity contribution in [2.24, 2.45) is 0 Å². The van der Waals surface area contributed by atoms with Gasteiger partial charge in [-0.3, -0.25) is 0 Å². The molecule has 0 aliphatic heterocycles. The first-order chi connectivity index (χ1) is 18.8. The lowest BCUT2D eigenvalue weighted by Gasteiger charge is -2.21. The van der Waals surface area contributed by atoms with Gasteiger partial charge >= 0.3 is 6.18 Å². The second kappa shape index (κ2) is 9.39. The molecular formula is C28H11F11O. The topological polar surface area (TPSA) is 9.23 Å². The standard InChI is InChI=1S/C28H11F11O/c1-40-11-8-6-10(7-9-11)14-12-4-2-3-5-13(12)15(17-16(14)20(29)26(35)27(36)21(17)30)18-22(31)24(33)19(28(37,38)39)25(34)23(18)32/h2-9H,1H3. The van der Waals surface area contributed by atoms with Gasteiger partial charge in [0.05, 0.1) is 12.7 Å². The molecule has 0 N–H and O–H groups in total. The third-order valence-electron chi connectivity index (χ3n) is 6.41. The summed E-state index contributed by atoms with van der Waals surface area (Å²) < 4.78 is 164. The average molecular weight is 572 g/mol. The zero-order valence-corrected chi connectivity index (χ0v) is 19.7. The summed E-state index contributed by atoms with van der Waals surface area (Å²) in [6.45, 7) is 0. The molecule has 0 atom stereocenters. The molecular weight excluding hydrogens is 561 g/mol. The van der Waals surface area contributed by atoms with Crippen molar-refractivity contribution in [3.63, 3.8) is 0 Å². The van der Waals surface area contributed by atoms with E-state index in [4.69, 9.17) is 4.74 Å². The van der Waals surface area contributed by atoms with Crippen LogP contribution in [0.25, 0.3) is 43.8 Å². The number of fused-ring (bicyclic) bond motifs is 2. The molecule has 0 aliphatic rings. The first-order valence-electron chi connectivity index (χ1n) is 11.1. The Morgan fingerprint density at radius 3 is 1.40 bits per heavy atom. The Morgan fingerprint density at radius 1 is 0.500 bits per heavy atom. The summed E-state index contributed by atoms with van der Waals surface area (Å²) in [6, 6.07) is 10.1. The summed E-state index contributed by atoms with van der Waals surface area (Å²) in [6.07, 6.45) is -5.89. The van der Waals surface area contributed by atoms with Crippen LogP contribution in [0.4, 0.5) is 48.3 Å². The summed E-state index contributed by atoms with van der Waals surface area (Å²) in [4.78, 5) is 0. The van der Waals surface area contributed by atoms with E-state index in [0.29, 0.717) is 5.75 Å². The normalized spacial score (nSPS) is 12.0. The number of ether oxygens (including phenoxy) is 1. The first-order valence-corrected chi connectivity index (χ1v) is 11.1. The molecule has 0 heterocycles. The predicted molar refractivity (Wildman–Crippen MR) is 124 cm³/mol. The maximum Gasteiger partial charge on any atom is 0.422 e. The molecule has 40 heavy (non-hydrogen) atoms. The van der Waals surface area contributed by atoms with Crippen molar-refractivity contribution in [1.29, 1.82) is 0 Å². The van der Waals surface area contributed by atoms with Crippen LogP contribution in [0.15, 0.2) is 48.5 Å². The van der Waals surface area contributed by atoms with Crippen LogP contribution < -0.4 is 4.74 Å². The fraction of sp³-hybridized carbons (Fsp3) is 0.0714. The number of benzene rings is 5. The Labute approximate surface area is 217 Å². The number of hydrogen-bond donors (Lipinski definition) is 0. The summed E-state index contributed by atoms with van der Waals surface area (Å²) in [5.74, 6) is -19.6. The predicted octanol–water partition coefficient (Wildman–Crippen LogP) is 9.47. The highest BCUT2D eigenvalue weighted by Crippen LogP contribution is 2.49. The van der Waals surface area contributed by atoms with E-state index in [1.165, 1.54) is 49.6 Å². The summed E-state index contributed by atoms with van der Waals surface area (Å²) in [5.41, 5.74) is -6.29. The minimum absolute atomic E-state index is 0.0450. The molecule has 0 bridgehead atoms. The van der Waals surface area contributed by atoms with Crippen LogP contribution in [0.2, 0.25) is 0 Å². The Morgan fingerprint density at radius 2 is 0.950 bits per heavy atom. The number of rotatable bonds is 3. The van der Waals surface area contributed by atoms with E-state index >= 15 is 17.6 Å². The van der Waals surface area contributed by atoms with Gasteiger partial charge in [0.1, 0.15) is 11.3 Å². The third kappa shape index (κ3) is 3.84. The minimum atomic E-state index is -5.89. The highest BCUT2D eigenvalue weighted by Gasteiger charge is 2.43. The number of hydrogen-bond acceptors (Lipinski definition) is 1. The van der Waals surface area contributed by atoms with Gasteiger partial charge in [0.15, 0.2) is 46.5 Å². The van der Waals surface area contributed by atoms with Crippen LogP contribution >= 0.6 is 0 Å². The summed E-state index contributed by atoms with van der Waals surface area (Å²) in [5, 5.41) is -3.12. The Balaban J connectivity index is 2.10. The Hall–Kier alpha value is -4.35. The van der Waals surface area contributed by atoms with Gasteiger partial charge in [0, 0.05) is 21.9 Å². The lowest BCUT2D eigenvalue weighted by atomic mass is 9.84. The van der Waals surface area contributed by atoms with Crippen molar-refractivity contribution in [2.45, 2.75) is 6.18 Å². The molecule has 1 nitrogen and oxygen atoms in total. The van der Waals surface area contributed by atoms with Gasteiger partial charge < -0.3 is 4.74 Å². The Bertz CT molecular complexity index is 1810. The molecule has 12 heteroatoms. The molecule has 206 valence electrons. The molecule has 0 unspecified atom stereocenters. The minimum Gasteiger partial charge on any atom is -0.497 e. The number of alkyl halides is 3. The zero-order valence-electron chi connectivity index (χ0n) is 19.7. The van der Waals surface area contributed by atoms with Crippen LogP contribution in [0.1, 0.15) is 5.56 Å². The van der Waals surface area contributed by atoms with E-state index in [0.717, 1.165) is 6.07 Å². The molecule has 0 saturated carbocycles. The maximum absolute atomic E-state index is 15.4. The Kier molecular flexibility index (Phi) is 6.39. The number of methoxy groups -OCH3 is 1. The average Bonchev–Trinajstić information content (AvgIpc) is 2.92. The van der Waals surface area contributed by atoms with Gasteiger partial charge in [0.25, 0.3) is 0 Å². The van der Waals surface area contributed by atoms with E-state index in [2.05, 4.69) is 0 Å². The molecule has 0 aliphatic carbocycles. The third-order valence-corrected chi connectivity index (χ3v) is 6.41. The van der Waals surface area contributed by atoms with Crippen LogP contribution in [0, 0.1) is 46.5 Å². The van der Waals surface area contributed by atoms with Crippen LogP contribution in [0.3, 0.4) is 0 Å². The van der Waals surface area contributed by atoms with Crippen molar-refractivity contribution in [1.82, 2.24) is 0 Å². The summed E-state index contributed by atoms with van der Waals surface area (Å²) in [7, 11) is 1.33. The molecule has 5 aromatic rings. The summed E-state index contributed by atoms with van der Waals surface area (Å²) >= 11 is 0. The fourth-order valence-corrected chi connectivity index (χ4v) is 4.71. The van der Waals surface area contributed by atoms with Crippen molar-refractivity contribution in [3.05, 3.63) is 101 Å². The SMILES string of the molecule is COc1ccc(-c2c3ccccc3c(-c3c(F)c(F)c(C(F)(F)F)c(F)c3F)c3c(F)c(F)c(F)c(F)c23)cc1. The van der Waals surface area contributed by atoms with E-state index in [1.54, 1.807) is 0 Å². The van der Waals surface area contributed by atoms with Gasteiger partial charge in [-0.15, -0.1) is 0 Å². The van der Waals surface area contributed by atoms with Gasteiger partial charge in [-0.05, 0) is 28.5 Å². The molecule has 0 amide bonds. The van der Waals surface area contributed by atoms with Crippen LogP contribution in [-0.4, -0.2) is 7.11 Å². The lowest BCUT2D eigenvalue weighted by molar-refractivity contribution is -0.143. The van der Waals surface area contributed by atoms with Crippen LogP contribution in [-0.2, 0) is 6.18 Å². The van der Waals surface area contributed by atoms with E-state index in [9.17, 15) is 30.7 Å². The van der Waals surface area contributed by atoms with E-state index in [-0.39, 0.29) is 16.5 Å². The van der Waals surface area contributed by atoms with Gasteiger partial charge in [-0.1, -0.05) is 36.4 Å². The quantitative estimate of drug-likeness (QED) is 0.0906. The smallest absolute Gasteiger partial charge is 0.422 e. The maximum atomic E-state index is 15.4. The lowest BCUT2D eigenvalue weighted by Crippen LogP contribution is -2.16. The molecule has 0 fully saturated rings. The fourth-order valence-electron chi connectivity index (χ4n) is 4.71. The molecule has 0 radical (unpaired) electrons. The van der Waals surface area contributed by atoms with Gasteiger partial charge in [-0.2, -0.15) is 13.2 Å². The second-order valence-corrected chi connectivity index (χ2v) is 8.53. The van der Waals surface area contributed by atoms with Crippen molar-refractivity contribution in [3.8, 4) is 28.0 Å². The van der Waals surface area contributed by atoms with Crippen molar-refractivity contribution >= 4 is 21.5 Å². The largest absolute Gasteiger partial charge is 0.497 e. The second-order valence-electron chi connectivity index (χ2n) is 8.53. The number of halogens is 11. The molecule has 0 spiro atoms. The van der Waals surface area contributed by atoms with Crippen molar-refractivity contribution in [2.75, 3.05) is 7.11 Å². The highest BCUT2D eigenvalue weighted by molar-refractivity contribution is 6.21. The van der Waals surface area contributed by atoms with E-state index in [1.807, 2.05) is 0 Å². The zero-order chi connectivity index (χ0) is 29.3.